The average Bonchev–Trinajstić information content (AvgIpc) is 2.48. The van der Waals surface area contributed by atoms with Crippen molar-refractivity contribution in [2.45, 2.75) is 38.6 Å². The van der Waals surface area contributed by atoms with Gasteiger partial charge in [0.15, 0.2) is 0 Å². The Hall–Kier alpha value is -0.770. The molecule has 0 amide bonds. The van der Waals surface area contributed by atoms with Crippen LogP contribution in [0, 0.1) is 0 Å². The van der Waals surface area contributed by atoms with Crippen molar-refractivity contribution in [3.05, 3.63) is 28.8 Å². The maximum Gasteiger partial charge on any atom is 0.0410 e. The first-order chi connectivity index (χ1) is 9.72. The molecule has 0 spiro atoms. The van der Waals surface area contributed by atoms with Gasteiger partial charge in [-0.15, -0.1) is 0 Å². The summed E-state index contributed by atoms with van der Waals surface area (Å²) in [5, 5.41) is 4.20. The van der Waals surface area contributed by atoms with Gasteiger partial charge in [-0.3, -0.25) is 4.90 Å². The van der Waals surface area contributed by atoms with Gasteiger partial charge in [-0.05, 0) is 30.2 Å². The molecule has 1 atom stereocenters. The fourth-order valence-corrected chi connectivity index (χ4v) is 3.13. The van der Waals surface area contributed by atoms with E-state index < -0.39 is 0 Å². The van der Waals surface area contributed by atoms with Crippen LogP contribution < -0.4 is 11.1 Å². The Kier molecular flexibility index (Phi) is 6.14. The van der Waals surface area contributed by atoms with Crippen molar-refractivity contribution in [1.82, 2.24) is 10.2 Å². The minimum atomic E-state index is 0.405. The summed E-state index contributed by atoms with van der Waals surface area (Å²) in [5.74, 6) is 0. The SMILES string of the molecule is CCCCC[C@@H](c1cc(Cl)ccc1N)N1CCNCC1. The molecule has 0 aliphatic carbocycles. The fraction of sp³-hybridized carbons (Fsp3) is 0.625. The Morgan fingerprint density at radius 3 is 2.75 bits per heavy atom. The van der Waals surface area contributed by atoms with Crippen molar-refractivity contribution < 1.29 is 0 Å². The summed E-state index contributed by atoms with van der Waals surface area (Å²) in [4.78, 5) is 2.55. The number of benzene rings is 1. The van der Waals surface area contributed by atoms with E-state index in [0.29, 0.717) is 6.04 Å². The summed E-state index contributed by atoms with van der Waals surface area (Å²) in [6, 6.07) is 6.27. The first-order valence-electron chi connectivity index (χ1n) is 7.72. The second-order valence-corrected chi connectivity index (χ2v) is 6.01. The topological polar surface area (TPSA) is 41.3 Å². The molecule has 0 aromatic heterocycles. The molecule has 4 heteroatoms. The number of nitrogens with zero attached hydrogens (tertiary/aromatic N) is 1. The zero-order chi connectivity index (χ0) is 14.4. The van der Waals surface area contributed by atoms with Crippen LogP contribution in [0.5, 0.6) is 0 Å². The van der Waals surface area contributed by atoms with E-state index in [0.717, 1.165) is 36.9 Å². The van der Waals surface area contributed by atoms with Gasteiger partial charge in [-0.25, -0.2) is 0 Å². The molecule has 1 aliphatic heterocycles. The number of nitrogens with two attached hydrogens (primary N) is 1. The number of nitrogens with one attached hydrogen (secondary N) is 1. The van der Waals surface area contributed by atoms with Gasteiger partial charge in [0.25, 0.3) is 0 Å². The molecule has 1 aromatic carbocycles. The number of nitrogen functional groups attached to an aromatic ring is 1. The van der Waals surface area contributed by atoms with Crippen LogP contribution in [-0.4, -0.2) is 31.1 Å². The number of hydrogen-bond acceptors (Lipinski definition) is 3. The number of piperazine rings is 1. The molecule has 1 aliphatic rings. The minimum absolute atomic E-state index is 0.405. The molecule has 2 rings (SSSR count). The van der Waals surface area contributed by atoms with Crippen molar-refractivity contribution in [2.75, 3.05) is 31.9 Å². The molecule has 20 heavy (non-hydrogen) atoms. The van der Waals surface area contributed by atoms with Gasteiger partial charge in [0.05, 0.1) is 0 Å². The number of rotatable bonds is 6. The van der Waals surface area contributed by atoms with Crippen molar-refractivity contribution in [3.63, 3.8) is 0 Å². The molecule has 0 unspecified atom stereocenters. The molecule has 0 radical (unpaired) electrons. The lowest BCUT2D eigenvalue weighted by molar-refractivity contribution is 0.163. The maximum atomic E-state index is 6.20. The second kappa shape index (κ2) is 7.87. The molecule has 1 saturated heterocycles. The van der Waals surface area contributed by atoms with E-state index in [-0.39, 0.29) is 0 Å². The van der Waals surface area contributed by atoms with E-state index in [1.807, 2.05) is 12.1 Å². The molecule has 112 valence electrons. The highest BCUT2D eigenvalue weighted by Crippen LogP contribution is 2.32. The standard InChI is InChI=1S/C16H26ClN3/c1-2-3-4-5-16(20-10-8-19-9-11-20)14-12-13(17)6-7-15(14)18/h6-7,12,16,19H,2-5,8-11,18H2,1H3/t16-/m0/s1. The van der Waals surface area contributed by atoms with Gasteiger partial charge < -0.3 is 11.1 Å². The summed E-state index contributed by atoms with van der Waals surface area (Å²) < 4.78 is 0. The zero-order valence-electron chi connectivity index (χ0n) is 12.4. The summed E-state index contributed by atoms with van der Waals surface area (Å²) in [7, 11) is 0. The smallest absolute Gasteiger partial charge is 0.0410 e. The van der Waals surface area contributed by atoms with Crippen LogP contribution in [0.4, 0.5) is 5.69 Å². The van der Waals surface area contributed by atoms with Gasteiger partial charge in [-0.1, -0.05) is 37.8 Å². The molecular weight excluding hydrogens is 270 g/mol. The zero-order valence-corrected chi connectivity index (χ0v) is 13.1. The van der Waals surface area contributed by atoms with Crippen LogP contribution in [0.3, 0.4) is 0 Å². The van der Waals surface area contributed by atoms with Crippen LogP contribution in [0.2, 0.25) is 5.02 Å². The molecule has 3 N–H and O–H groups in total. The molecule has 1 aromatic rings. The quantitative estimate of drug-likeness (QED) is 0.624. The van der Waals surface area contributed by atoms with Crippen molar-refractivity contribution in [3.8, 4) is 0 Å². The third-order valence-electron chi connectivity index (χ3n) is 4.08. The lowest BCUT2D eigenvalue weighted by atomic mass is 9.96. The van der Waals surface area contributed by atoms with Crippen LogP contribution in [0.1, 0.15) is 44.2 Å². The highest BCUT2D eigenvalue weighted by atomic mass is 35.5. The van der Waals surface area contributed by atoms with Crippen LogP contribution in [0.25, 0.3) is 0 Å². The Bertz CT molecular complexity index is 416. The Balaban J connectivity index is 2.17. The van der Waals surface area contributed by atoms with Gasteiger partial charge in [0.2, 0.25) is 0 Å². The molecule has 3 nitrogen and oxygen atoms in total. The predicted molar refractivity (Wildman–Crippen MR) is 87.2 cm³/mol. The van der Waals surface area contributed by atoms with E-state index in [4.69, 9.17) is 17.3 Å². The number of unbranched alkanes of at least 4 members (excludes halogenated alkanes) is 2. The summed E-state index contributed by atoms with van der Waals surface area (Å²) >= 11 is 6.17. The number of halogens is 1. The van der Waals surface area contributed by atoms with Crippen molar-refractivity contribution in [1.29, 1.82) is 0 Å². The van der Waals surface area contributed by atoms with Gasteiger partial charge >= 0.3 is 0 Å². The van der Waals surface area contributed by atoms with Crippen LogP contribution >= 0.6 is 11.6 Å². The molecule has 0 saturated carbocycles. The maximum absolute atomic E-state index is 6.20. The lowest BCUT2D eigenvalue weighted by Crippen LogP contribution is -2.45. The number of hydrogen-bond donors (Lipinski definition) is 2. The van der Waals surface area contributed by atoms with E-state index in [9.17, 15) is 0 Å². The second-order valence-electron chi connectivity index (χ2n) is 5.57. The highest BCUT2D eigenvalue weighted by Gasteiger charge is 2.23. The number of anilines is 1. The fourth-order valence-electron chi connectivity index (χ4n) is 2.95. The monoisotopic (exact) mass is 295 g/mol. The van der Waals surface area contributed by atoms with Crippen molar-refractivity contribution >= 4 is 17.3 Å². The largest absolute Gasteiger partial charge is 0.398 e. The van der Waals surface area contributed by atoms with E-state index >= 15 is 0 Å². The van der Waals surface area contributed by atoms with E-state index in [1.54, 1.807) is 0 Å². The minimum Gasteiger partial charge on any atom is -0.398 e. The summed E-state index contributed by atoms with van der Waals surface area (Å²) in [6.07, 6.45) is 4.94. The van der Waals surface area contributed by atoms with Crippen LogP contribution in [-0.2, 0) is 0 Å². The van der Waals surface area contributed by atoms with Crippen LogP contribution in [0.15, 0.2) is 18.2 Å². The highest BCUT2D eigenvalue weighted by molar-refractivity contribution is 6.30. The third kappa shape index (κ3) is 4.11. The molecule has 1 heterocycles. The Morgan fingerprint density at radius 1 is 1.30 bits per heavy atom. The van der Waals surface area contributed by atoms with Crippen molar-refractivity contribution in [2.24, 2.45) is 0 Å². The normalized spacial score (nSPS) is 18.1. The molecule has 0 bridgehead atoms. The first kappa shape index (κ1) is 15.6. The Morgan fingerprint density at radius 2 is 2.05 bits per heavy atom. The summed E-state index contributed by atoms with van der Waals surface area (Å²) in [5.41, 5.74) is 8.27. The van der Waals surface area contributed by atoms with E-state index in [2.05, 4.69) is 23.2 Å². The molecular formula is C16H26ClN3. The van der Waals surface area contributed by atoms with Gasteiger partial charge in [-0.2, -0.15) is 0 Å². The molecule has 1 fully saturated rings. The van der Waals surface area contributed by atoms with E-state index in [1.165, 1.54) is 31.2 Å². The van der Waals surface area contributed by atoms with Gasteiger partial charge in [0, 0.05) is 42.9 Å². The summed E-state index contributed by atoms with van der Waals surface area (Å²) in [6.45, 7) is 6.54. The first-order valence-corrected chi connectivity index (χ1v) is 8.10. The Labute approximate surface area is 127 Å². The average molecular weight is 296 g/mol. The lowest BCUT2D eigenvalue weighted by Gasteiger charge is -2.36. The predicted octanol–water partition coefficient (Wildman–Crippen LogP) is 3.45. The third-order valence-corrected chi connectivity index (χ3v) is 4.32. The van der Waals surface area contributed by atoms with Gasteiger partial charge in [0.1, 0.15) is 0 Å².